The molecule has 1 atom stereocenters. The first-order chi connectivity index (χ1) is 8.22. The van der Waals surface area contributed by atoms with Gasteiger partial charge in [0, 0.05) is 24.2 Å². The Kier molecular flexibility index (Phi) is 4.37. The summed E-state index contributed by atoms with van der Waals surface area (Å²) < 4.78 is 13.9. The number of nitrogens with two attached hydrogens (primary N) is 1. The topological polar surface area (TPSA) is 38.0 Å². The smallest absolute Gasteiger partial charge is 0.146 e. The van der Waals surface area contributed by atoms with Crippen molar-refractivity contribution < 1.29 is 4.39 Å². The summed E-state index contributed by atoms with van der Waals surface area (Å²) in [5.41, 5.74) is 6.31. The number of benzene rings is 1. The Bertz CT molecular complexity index is 378. The lowest BCUT2D eigenvalue weighted by Crippen LogP contribution is -2.35. The van der Waals surface area contributed by atoms with Crippen molar-refractivity contribution in [2.24, 2.45) is 5.73 Å². The van der Waals surface area contributed by atoms with Gasteiger partial charge in [-0.1, -0.05) is 36.6 Å². The second-order valence-corrected chi connectivity index (χ2v) is 4.99. The number of halogens is 2. The van der Waals surface area contributed by atoms with Crippen LogP contribution in [0.1, 0.15) is 37.3 Å². The van der Waals surface area contributed by atoms with Gasteiger partial charge in [0.25, 0.3) is 0 Å². The molecule has 0 heterocycles. The van der Waals surface area contributed by atoms with Gasteiger partial charge in [-0.2, -0.15) is 0 Å². The van der Waals surface area contributed by atoms with Crippen LogP contribution in [0.5, 0.6) is 0 Å². The molecular formula is C13H18ClFN2. The van der Waals surface area contributed by atoms with Gasteiger partial charge in [0.15, 0.2) is 0 Å². The van der Waals surface area contributed by atoms with Crippen LogP contribution >= 0.6 is 11.6 Å². The molecule has 1 fully saturated rings. The van der Waals surface area contributed by atoms with Gasteiger partial charge in [-0.3, -0.25) is 0 Å². The van der Waals surface area contributed by atoms with E-state index in [2.05, 4.69) is 5.32 Å². The van der Waals surface area contributed by atoms with E-state index in [0.29, 0.717) is 18.2 Å². The second-order valence-electron chi connectivity index (χ2n) is 4.58. The van der Waals surface area contributed by atoms with Gasteiger partial charge in [0.2, 0.25) is 0 Å². The van der Waals surface area contributed by atoms with Crippen molar-refractivity contribution in [3.8, 4) is 0 Å². The highest BCUT2D eigenvalue weighted by Crippen LogP contribution is 2.26. The maximum absolute atomic E-state index is 13.9. The molecule has 1 unspecified atom stereocenters. The maximum atomic E-state index is 13.9. The Hall–Kier alpha value is -0.640. The normalized spacial score (nSPS) is 18.5. The van der Waals surface area contributed by atoms with Crippen molar-refractivity contribution in [2.45, 2.75) is 37.8 Å². The number of hydrogen-bond acceptors (Lipinski definition) is 2. The van der Waals surface area contributed by atoms with Gasteiger partial charge in [-0.15, -0.1) is 0 Å². The van der Waals surface area contributed by atoms with E-state index < -0.39 is 0 Å². The monoisotopic (exact) mass is 256 g/mol. The Morgan fingerprint density at radius 3 is 2.76 bits per heavy atom. The van der Waals surface area contributed by atoms with Crippen LogP contribution in [-0.2, 0) is 0 Å². The van der Waals surface area contributed by atoms with Crippen LogP contribution in [-0.4, -0.2) is 12.6 Å². The first-order valence-electron chi connectivity index (χ1n) is 6.12. The lowest BCUT2D eigenvalue weighted by molar-refractivity contribution is 0.431. The van der Waals surface area contributed by atoms with Crippen molar-refractivity contribution in [3.63, 3.8) is 0 Å². The minimum atomic E-state index is -0.352. The van der Waals surface area contributed by atoms with E-state index in [0.717, 1.165) is 12.8 Å². The molecule has 0 radical (unpaired) electrons. The molecule has 0 spiro atoms. The average Bonchev–Trinajstić information content (AvgIpc) is 2.83. The predicted octanol–water partition coefficient (Wildman–Crippen LogP) is 3.01. The highest BCUT2D eigenvalue weighted by Gasteiger charge is 2.21. The van der Waals surface area contributed by atoms with Crippen LogP contribution in [0.4, 0.5) is 4.39 Å². The molecule has 1 saturated carbocycles. The van der Waals surface area contributed by atoms with E-state index in [1.54, 1.807) is 18.2 Å². The van der Waals surface area contributed by atoms with Gasteiger partial charge in [-0.05, 0) is 18.9 Å². The number of rotatable bonds is 4. The number of nitrogens with one attached hydrogen (secondary N) is 1. The molecule has 4 heteroatoms. The Morgan fingerprint density at radius 1 is 1.41 bits per heavy atom. The summed E-state index contributed by atoms with van der Waals surface area (Å²) in [6.07, 6.45) is 4.79. The summed E-state index contributed by atoms with van der Waals surface area (Å²) in [7, 11) is 0. The first-order valence-corrected chi connectivity index (χ1v) is 6.50. The molecule has 1 aliphatic carbocycles. The fraction of sp³-hybridized carbons (Fsp3) is 0.538. The molecule has 0 amide bonds. The molecule has 2 nitrogen and oxygen atoms in total. The van der Waals surface area contributed by atoms with Gasteiger partial charge in [0.05, 0.1) is 5.02 Å². The molecule has 0 aliphatic heterocycles. The maximum Gasteiger partial charge on any atom is 0.146 e. The van der Waals surface area contributed by atoms with Crippen LogP contribution in [0.3, 0.4) is 0 Å². The standard InChI is InChI=1S/C13H18ClFN2/c14-11-7-3-6-10(13(11)15)12(8-16)17-9-4-1-2-5-9/h3,6-7,9,12,17H,1-2,4-5,8,16H2. The van der Waals surface area contributed by atoms with Crippen molar-refractivity contribution in [1.29, 1.82) is 0 Å². The molecule has 0 saturated heterocycles. The fourth-order valence-electron chi connectivity index (χ4n) is 2.45. The summed E-state index contributed by atoms with van der Waals surface area (Å²) in [4.78, 5) is 0. The van der Waals surface area contributed by atoms with E-state index in [9.17, 15) is 4.39 Å². The summed E-state index contributed by atoms with van der Waals surface area (Å²) in [6, 6.07) is 5.39. The summed E-state index contributed by atoms with van der Waals surface area (Å²) in [5.74, 6) is -0.352. The lowest BCUT2D eigenvalue weighted by atomic mass is 10.0. The molecule has 1 aliphatic rings. The van der Waals surface area contributed by atoms with Crippen molar-refractivity contribution in [2.75, 3.05) is 6.54 Å². The SMILES string of the molecule is NCC(NC1CCCC1)c1cccc(Cl)c1F. The van der Waals surface area contributed by atoms with Crippen LogP contribution < -0.4 is 11.1 Å². The molecule has 94 valence electrons. The van der Waals surface area contributed by atoms with E-state index in [-0.39, 0.29) is 16.9 Å². The minimum Gasteiger partial charge on any atom is -0.329 e. The molecule has 2 rings (SSSR count). The van der Waals surface area contributed by atoms with E-state index >= 15 is 0 Å². The highest BCUT2D eigenvalue weighted by molar-refractivity contribution is 6.30. The molecule has 0 bridgehead atoms. The molecule has 1 aromatic carbocycles. The Labute approximate surface area is 106 Å². The average molecular weight is 257 g/mol. The largest absolute Gasteiger partial charge is 0.329 e. The molecule has 0 aromatic heterocycles. The Balaban J connectivity index is 2.13. The van der Waals surface area contributed by atoms with Crippen molar-refractivity contribution in [3.05, 3.63) is 34.6 Å². The van der Waals surface area contributed by atoms with Gasteiger partial charge in [0.1, 0.15) is 5.82 Å². The summed E-state index contributed by atoms with van der Waals surface area (Å²) >= 11 is 5.79. The quantitative estimate of drug-likeness (QED) is 0.869. The van der Waals surface area contributed by atoms with E-state index in [4.69, 9.17) is 17.3 Å². The summed E-state index contributed by atoms with van der Waals surface area (Å²) in [5, 5.41) is 3.59. The van der Waals surface area contributed by atoms with Gasteiger partial charge >= 0.3 is 0 Å². The molecule has 3 N–H and O–H groups in total. The minimum absolute atomic E-state index is 0.142. The highest BCUT2D eigenvalue weighted by atomic mass is 35.5. The lowest BCUT2D eigenvalue weighted by Gasteiger charge is -2.22. The molecule has 1 aromatic rings. The first kappa shape index (κ1) is 12.8. The number of hydrogen-bond donors (Lipinski definition) is 2. The zero-order chi connectivity index (χ0) is 12.3. The Morgan fingerprint density at radius 2 is 2.12 bits per heavy atom. The van der Waals surface area contributed by atoms with Crippen LogP contribution in [0.25, 0.3) is 0 Å². The summed E-state index contributed by atoms with van der Waals surface area (Å²) in [6.45, 7) is 0.383. The van der Waals surface area contributed by atoms with E-state index in [1.165, 1.54) is 12.8 Å². The van der Waals surface area contributed by atoms with Crippen LogP contribution in [0.2, 0.25) is 5.02 Å². The van der Waals surface area contributed by atoms with Gasteiger partial charge in [-0.25, -0.2) is 4.39 Å². The fourth-order valence-corrected chi connectivity index (χ4v) is 2.63. The zero-order valence-electron chi connectivity index (χ0n) is 9.76. The molecule has 17 heavy (non-hydrogen) atoms. The van der Waals surface area contributed by atoms with Crippen molar-refractivity contribution in [1.82, 2.24) is 5.32 Å². The van der Waals surface area contributed by atoms with E-state index in [1.807, 2.05) is 0 Å². The van der Waals surface area contributed by atoms with Gasteiger partial charge < -0.3 is 11.1 Å². The molecular weight excluding hydrogens is 239 g/mol. The predicted molar refractivity (Wildman–Crippen MR) is 68.6 cm³/mol. The second kappa shape index (κ2) is 5.80. The zero-order valence-corrected chi connectivity index (χ0v) is 10.5. The van der Waals surface area contributed by atoms with Crippen LogP contribution in [0.15, 0.2) is 18.2 Å². The third-order valence-electron chi connectivity index (χ3n) is 3.38. The third-order valence-corrected chi connectivity index (χ3v) is 3.68. The third kappa shape index (κ3) is 2.97. The van der Waals surface area contributed by atoms with Crippen LogP contribution in [0, 0.1) is 5.82 Å². The van der Waals surface area contributed by atoms with Crippen molar-refractivity contribution >= 4 is 11.6 Å².